The van der Waals surface area contributed by atoms with Gasteiger partial charge in [-0.3, -0.25) is 0 Å². The Bertz CT molecular complexity index is 634. The molecule has 2 nitrogen and oxygen atoms in total. The summed E-state index contributed by atoms with van der Waals surface area (Å²) in [6.45, 7) is 0. The lowest BCUT2D eigenvalue weighted by atomic mass is 9.74. The summed E-state index contributed by atoms with van der Waals surface area (Å²) < 4.78 is 0. The molecule has 2 aliphatic rings. The van der Waals surface area contributed by atoms with Gasteiger partial charge in [0.25, 0.3) is 0 Å². The largest absolute Gasteiger partial charge is 0.389 e. The van der Waals surface area contributed by atoms with Gasteiger partial charge in [0.05, 0.1) is 5.60 Å². The first-order chi connectivity index (χ1) is 10.2. The normalized spacial score (nSPS) is 32.2. The van der Waals surface area contributed by atoms with Crippen molar-refractivity contribution in [1.82, 2.24) is 5.32 Å². The molecule has 0 aromatic heterocycles. The summed E-state index contributed by atoms with van der Waals surface area (Å²) in [6.07, 6.45) is 6.32. The number of nitrogens with one attached hydrogen (secondary N) is 1. The number of aliphatic hydroxyl groups is 1. The quantitative estimate of drug-likeness (QED) is 0.884. The zero-order chi connectivity index (χ0) is 14.3. The molecule has 2 unspecified atom stereocenters. The molecular weight excluding hydrogens is 258 g/mol. The highest BCUT2D eigenvalue weighted by molar-refractivity contribution is 5.85. The van der Waals surface area contributed by atoms with Gasteiger partial charge in [0.2, 0.25) is 0 Å². The van der Waals surface area contributed by atoms with Gasteiger partial charge in [-0.15, -0.1) is 0 Å². The van der Waals surface area contributed by atoms with Crippen LogP contribution in [0.3, 0.4) is 0 Å². The molecule has 2 aliphatic heterocycles. The van der Waals surface area contributed by atoms with Crippen LogP contribution in [0.1, 0.15) is 37.7 Å². The Labute approximate surface area is 126 Å². The third-order valence-corrected chi connectivity index (χ3v) is 5.23. The van der Waals surface area contributed by atoms with Gasteiger partial charge in [0.15, 0.2) is 0 Å². The molecular formula is C19H23NO. The number of benzene rings is 2. The third kappa shape index (κ3) is 2.58. The van der Waals surface area contributed by atoms with E-state index in [0.29, 0.717) is 12.1 Å². The summed E-state index contributed by atoms with van der Waals surface area (Å²) in [5, 5.41) is 17.4. The predicted octanol–water partition coefficient (Wildman–Crippen LogP) is 3.42. The van der Waals surface area contributed by atoms with Crippen molar-refractivity contribution in [3.8, 4) is 0 Å². The van der Waals surface area contributed by atoms with E-state index in [4.69, 9.17) is 0 Å². The van der Waals surface area contributed by atoms with Crippen molar-refractivity contribution in [3.05, 3.63) is 48.0 Å². The van der Waals surface area contributed by atoms with Crippen LogP contribution in [0.25, 0.3) is 10.8 Å². The first kappa shape index (κ1) is 13.3. The Morgan fingerprint density at radius 1 is 1.00 bits per heavy atom. The second kappa shape index (κ2) is 5.11. The molecule has 0 aliphatic carbocycles. The Kier molecular flexibility index (Phi) is 3.24. The van der Waals surface area contributed by atoms with Crippen LogP contribution in [-0.4, -0.2) is 22.8 Å². The molecule has 2 aromatic carbocycles. The first-order valence-electron chi connectivity index (χ1n) is 8.17. The average molecular weight is 281 g/mol. The first-order valence-corrected chi connectivity index (χ1v) is 8.17. The maximum absolute atomic E-state index is 11.1. The molecule has 21 heavy (non-hydrogen) atoms. The van der Waals surface area contributed by atoms with Crippen molar-refractivity contribution in [2.75, 3.05) is 0 Å². The lowest BCUT2D eigenvalue weighted by molar-refractivity contribution is -0.0300. The predicted molar refractivity (Wildman–Crippen MR) is 86.4 cm³/mol. The van der Waals surface area contributed by atoms with Crippen LogP contribution in [0, 0.1) is 0 Å². The standard InChI is InChI=1S/C19H23NO/c21-19(12-16-8-4-9-17(13-19)20-16)11-15-7-3-6-14-5-1-2-10-18(14)15/h1-3,5-7,10,16-17,20-21H,4,8-9,11-13H2. The highest BCUT2D eigenvalue weighted by Gasteiger charge is 2.40. The van der Waals surface area contributed by atoms with Crippen LogP contribution in [-0.2, 0) is 6.42 Å². The second-order valence-electron chi connectivity index (χ2n) is 6.94. The van der Waals surface area contributed by atoms with Crippen molar-refractivity contribution < 1.29 is 5.11 Å². The number of hydrogen-bond donors (Lipinski definition) is 2. The van der Waals surface area contributed by atoms with Gasteiger partial charge in [0.1, 0.15) is 0 Å². The molecule has 2 bridgehead atoms. The zero-order valence-electron chi connectivity index (χ0n) is 12.4. The number of rotatable bonds is 2. The molecule has 0 radical (unpaired) electrons. The van der Waals surface area contributed by atoms with Crippen molar-refractivity contribution in [1.29, 1.82) is 0 Å². The van der Waals surface area contributed by atoms with Crippen molar-refractivity contribution in [2.45, 2.75) is 56.2 Å². The van der Waals surface area contributed by atoms with Crippen LogP contribution in [0.2, 0.25) is 0 Å². The van der Waals surface area contributed by atoms with Gasteiger partial charge in [-0.05, 0) is 42.0 Å². The maximum Gasteiger partial charge on any atom is 0.0717 e. The summed E-state index contributed by atoms with van der Waals surface area (Å²) in [5.41, 5.74) is 0.751. The molecule has 0 spiro atoms. The Balaban J connectivity index is 1.65. The number of fused-ring (bicyclic) bond motifs is 3. The van der Waals surface area contributed by atoms with Gasteiger partial charge in [-0.25, -0.2) is 0 Å². The van der Waals surface area contributed by atoms with Crippen LogP contribution >= 0.6 is 0 Å². The molecule has 110 valence electrons. The molecule has 2 heteroatoms. The smallest absolute Gasteiger partial charge is 0.0717 e. The minimum atomic E-state index is -0.537. The van der Waals surface area contributed by atoms with Gasteiger partial charge in [0, 0.05) is 18.5 Å². The van der Waals surface area contributed by atoms with E-state index in [0.717, 1.165) is 19.3 Å². The van der Waals surface area contributed by atoms with E-state index in [2.05, 4.69) is 47.8 Å². The van der Waals surface area contributed by atoms with Gasteiger partial charge >= 0.3 is 0 Å². The molecule has 2 fully saturated rings. The van der Waals surface area contributed by atoms with Gasteiger partial charge in [-0.2, -0.15) is 0 Å². The van der Waals surface area contributed by atoms with Crippen LogP contribution < -0.4 is 5.32 Å². The van der Waals surface area contributed by atoms with Crippen LogP contribution in [0.15, 0.2) is 42.5 Å². The van der Waals surface area contributed by atoms with Crippen molar-refractivity contribution >= 4 is 10.8 Å². The minimum Gasteiger partial charge on any atom is -0.389 e. The molecule has 2 heterocycles. The fraction of sp³-hybridized carbons (Fsp3) is 0.474. The summed E-state index contributed by atoms with van der Waals surface area (Å²) in [4.78, 5) is 0. The van der Waals surface area contributed by atoms with E-state index in [1.54, 1.807) is 0 Å². The number of piperidine rings is 2. The Hall–Kier alpha value is -1.38. The van der Waals surface area contributed by atoms with Crippen molar-refractivity contribution in [3.63, 3.8) is 0 Å². The third-order valence-electron chi connectivity index (χ3n) is 5.23. The maximum atomic E-state index is 11.1. The van der Waals surface area contributed by atoms with Crippen LogP contribution in [0.4, 0.5) is 0 Å². The van der Waals surface area contributed by atoms with E-state index >= 15 is 0 Å². The molecule has 0 saturated carbocycles. The highest BCUT2D eigenvalue weighted by atomic mass is 16.3. The topological polar surface area (TPSA) is 32.3 Å². The fourth-order valence-electron chi connectivity index (χ4n) is 4.38. The number of hydrogen-bond acceptors (Lipinski definition) is 2. The summed E-state index contributed by atoms with van der Waals surface area (Å²) in [6, 6.07) is 16.0. The lowest BCUT2D eigenvalue weighted by Crippen LogP contribution is -2.56. The fourth-order valence-corrected chi connectivity index (χ4v) is 4.38. The SMILES string of the molecule is OC1(Cc2cccc3ccccc23)CC2CCCC(C1)N2. The summed E-state index contributed by atoms with van der Waals surface area (Å²) in [7, 11) is 0. The summed E-state index contributed by atoms with van der Waals surface area (Å²) >= 11 is 0. The van der Waals surface area contributed by atoms with Gasteiger partial charge in [-0.1, -0.05) is 48.9 Å². The second-order valence-corrected chi connectivity index (χ2v) is 6.94. The van der Waals surface area contributed by atoms with Crippen LogP contribution in [0.5, 0.6) is 0 Å². The molecule has 4 rings (SSSR count). The van der Waals surface area contributed by atoms with Gasteiger partial charge < -0.3 is 10.4 Å². The van der Waals surface area contributed by atoms with Crippen molar-refractivity contribution in [2.24, 2.45) is 0 Å². The molecule has 2 atom stereocenters. The van der Waals surface area contributed by atoms with E-state index in [1.165, 1.54) is 35.6 Å². The highest BCUT2D eigenvalue weighted by Crippen LogP contribution is 2.36. The molecule has 2 saturated heterocycles. The van der Waals surface area contributed by atoms with E-state index < -0.39 is 5.60 Å². The lowest BCUT2D eigenvalue weighted by Gasteiger charge is -2.45. The molecule has 2 N–H and O–H groups in total. The molecule has 0 amide bonds. The Morgan fingerprint density at radius 2 is 1.71 bits per heavy atom. The monoisotopic (exact) mass is 281 g/mol. The van der Waals surface area contributed by atoms with E-state index in [1.807, 2.05) is 0 Å². The zero-order valence-corrected chi connectivity index (χ0v) is 12.4. The summed E-state index contributed by atoms with van der Waals surface area (Å²) in [5.74, 6) is 0. The average Bonchev–Trinajstić information content (AvgIpc) is 2.47. The minimum absolute atomic E-state index is 0.512. The Morgan fingerprint density at radius 3 is 2.52 bits per heavy atom. The van der Waals surface area contributed by atoms with E-state index in [9.17, 15) is 5.11 Å². The molecule has 2 aromatic rings. The van der Waals surface area contributed by atoms with E-state index in [-0.39, 0.29) is 0 Å².